The first-order chi connectivity index (χ1) is 9.58. The fourth-order valence-corrected chi connectivity index (χ4v) is 2.00. The van der Waals surface area contributed by atoms with Crippen molar-refractivity contribution < 1.29 is 13.9 Å². The van der Waals surface area contributed by atoms with Gasteiger partial charge in [-0.05, 0) is 19.1 Å². The number of benzene rings is 1. The average molecular weight is 280 g/mol. The molecule has 7 heteroatoms. The van der Waals surface area contributed by atoms with Crippen LogP contribution in [0.4, 0.5) is 14.9 Å². The van der Waals surface area contributed by atoms with Crippen LogP contribution in [0.15, 0.2) is 23.3 Å². The normalized spacial score (nSPS) is 16.1. The molecule has 0 aromatic heterocycles. The third kappa shape index (κ3) is 3.45. The molecule has 108 valence electrons. The van der Waals surface area contributed by atoms with Crippen molar-refractivity contribution in [1.29, 1.82) is 0 Å². The summed E-state index contributed by atoms with van der Waals surface area (Å²) in [4.78, 5) is 12.5. The summed E-state index contributed by atoms with van der Waals surface area (Å²) in [6.07, 6.45) is 0. The van der Waals surface area contributed by atoms with Gasteiger partial charge >= 0.3 is 6.03 Å². The highest BCUT2D eigenvalue weighted by Gasteiger charge is 2.15. The van der Waals surface area contributed by atoms with Gasteiger partial charge in [0.05, 0.1) is 24.6 Å². The first-order valence-electron chi connectivity index (χ1n) is 6.30. The number of ether oxygens (including phenoxy) is 1. The first-order valence-corrected chi connectivity index (χ1v) is 6.30. The minimum absolute atomic E-state index is 0.321. The molecule has 1 aliphatic heterocycles. The number of primary amides is 1. The molecule has 0 bridgehead atoms. The van der Waals surface area contributed by atoms with Crippen LogP contribution in [0.3, 0.4) is 0 Å². The van der Waals surface area contributed by atoms with Crippen LogP contribution < -0.4 is 16.1 Å². The van der Waals surface area contributed by atoms with Crippen LogP contribution >= 0.6 is 0 Å². The van der Waals surface area contributed by atoms with Gasteiger partial charge < -0.3 is 15.4 Å². The van der Waals surface area contributed by atoms with Gasteiger partial charge in [-0.15, -0.1) is 0 Å². The Bertz CT molecular complexity index is 527. The lowest BCUT2D eigenvalue weighted by Crippen LogP contribution is -2.36. The van der Waals surface area contributed by atoms with Crippen molar-refractivity contribution in [2.45, 2.75) is 6.92 Å². The molecule has 1 aliphatic rings. The highest BCUT2D eigenvalue weighted by atomic mass is 19.1. The van der Waals surface area contributed by atoms with Crippen LogP contribution in [0.2, 0.25) is 0 Å². The Morgan fingerprint density at radius 1 is 1.45 bits per heavy atom. The fraction of sp³-hybridized carbons (Fsp3) is 0.385. The number of morpholine rings is 1. The monoisotopic (exact) mass is 280 g/mol. The van der Waals surface area contributed by atoms with Gasteiger partial charge in [-0.1, -0.05) is 6.07 Å². The number of urea groups is 1. The molecule has 0 unspecified atom stereocenters. The van der Waals surface area contributed by atoms with Crippen molar-refractivity contribution in [3.8, 4) is 0 Å². The predicted octanol–water partition coefficient (Wildman–Crippen LogP) is 1.05. The number of hydrazone groups is 1. The van der Waals surface area contributed by atoms with Crippen molar-refractivity contribution in [2.24, 2.45) is 10.8 Å². The van der Waals surface area contributed by atoms with Gasteiger partial charge in [0.15, 0.2) is 0 Å². The molecule has 0 aliphatic carbocycles. The number of anilines is 1. The summed E-state index contributed by atoms with van der Waals surface area (Å²) in [5.74, 6) is -0.321. The summed E-state index contributed by atoms with van der Waals surface area (Å²) >= 11 is 0. The summed E-state index contributed by atoms with van der Waals surface area (Å²) in [5.41, 5.74) is 8.66. The SMILES string of the molecule is CC(=NNC(N)=O)c1ccc(N2CCOCC2)c(F)c1. The molecule has 2 rings (SSSR count). The van der Waals surface area contributed by atoms with Crippen LogP contribution in [0.25, 0.3) is 0 Å². The van der Waals surface area contributed by atoms with Crippen molar-refractivity contribution in [3.63, 3.8) is 0 Å². The summed E-state index contributed by atoms with van der Waals surface area (Å²) < 4.78 is 19.4. The molecule has 0 spiro atoms. The molecule has 2 amide bonds. The maximum atomic E-state index is 14.1. The lowest BCUT2D eigenvalue weighted by atomic mass is 10.1. The molecular formula is C13H17FN4O2. The van der Waals surface area contributed by atoms with Crippen LogP contribution in [0.1, 0.15) is 12.5 Å². The second kappa shape index (κ2) is 6.33. The second-order valence-corrected chi connectivity index (χ2v) is 4.44. The van der Waals surface area contributed by atoms with Gasteiger partial charge in [0.25, 0.3) is 0 Å². The zero-order valence-electron chi connectivity index (χ0n) is 11.2. The van der Waals surface area contributed by atoms with E-state index >= 15 is 0 Å². The molecule has 1 saturated heterocycles. The lowest BCUT2D eigenvalue weighted by Gasteiger charge is -2.29. The molecular weight excluding hydrogens is 263 g/mol. The Morgan fingerprint density at radius 3 is 2.75 bits per heavy atom. The Kier molecular flexibility index (Phi) is 4.52. The van der Waals surface area contributed by atoms with Gasteiger partial charge in [-0.2, -0.15) is 5.10 Å². The van der Waals surface area contributed by atoms with E-state index in [0.717, 1.165) is 0 Å². The zero-order chi connectivity index (χ0) is 14.5. The lowest BCUT2D eigenvalue weighted by molar-refractivity contribution is 0.122. The third-order valence-corrected chi connectivity index (χ3v) is 3.05. The number of nitrogens with two attached hydrogens (primary N) is 1. The van der Waals surface area contributed by atoms with Crippen LogP contribution in [-0.2, 0) is 4.74 Å². The summed E-state index contributed by atoms with van der Waals surface area (Å²) in [6, 6.07) is 4.11. The smallest absolute Gasteiger partial charge is 0.332 e. The van der Waals surface area contributed by atoms with E-state index in [0.29, 0.717) is 43.3 Å². The van der Waals surface area contributed by atoms with Gasteiger partial charge in [0.2, 0.25) is 0 Å². The highest BCUT2D eigenvalue weighted by Crippen LogP contribution is 2.21. The van der Waals surface area contributed by atoms with Gasteiger partial charge in [0.1, 0.15) is 5.82 Å². The number of amides is 2. The van der Waals surface area contributed by atoms with E-state index in [9.17, 15) is 9.18 Å². The molecule has 0 radical (unpaired) electrons. The van der Waals surface area contributed by atoms with E-state index in [-0.39, 0.29) is 5.82 Å². The second-order valence-electron chi connectivity index (χ2n) is 4.44. The van der Waals surface area contributed by atoms with E-state index in [1.165, 1.54) is 6.07 Å². The number of carbonyl (C=O) groups excluding carboxylic acids is 1. The molecule has 6 nitrogen and oxygen atoms in total. The molecule has 0 saturated carbocycles. The maximum absolute atomic E-state index is 14.1. The standard InChI is InChI=1S/C13H17FN4O2/c1-9(16-17-13(15)19)10-2-3-12(11(14)8-10)18-4-6-20-7-5-18/h2-3,8H,4-7H2,1H3,(H3,15,17,19). The number of nitrogens with zero attached hydrogens (tertiary/aromatic N) is 2. The molecule has 3 N–H and O–H groups in total. The molecule has 1 aromatic carbocycles. The van der Waals surface area contributed by atoms with Crippen LogP contribution in [0.5, 0.6) is 0 Å². The van der Waals surface area contributed by atoms with Crippen molar-refractivity contribution in [1.82, 2.24) is 5.43 Å². The number of halogens is 1. The number of nitrogens with one attached hydrogen (secondary N) is 1. The number of rotatable bonds is 3. The highest BCUT2D eigenvalue weighted by molar-refractivity contribution is 5.99. The van der Waals surface area contributed by atoms with Crippen molar-refractivity contribution in [3.05, 3.63) is 29.6 Å². The quantitative estimate of drug-likeness (QED) is 0.641. The molecule has 1 heterocycles. The van der Waals surface area contributed by atoms with Crippen LogP contribution in [-0.4, -0.2) is 38.0 Å². The number of hydrogen-bond acceptors (Lipinski definition) is 4. The van der Waals surface area contributed by atoms with Crippen molar-refractivity contribution in [2.75, 3.05) is 31.2 Å². The van der Waals surface area contributed by atoms with Gasteiger partial charge in [0, 0.05) is 18.7 Å². The van der Waals surface area contributed by atoms with Gasteiger partial charge in [-0.25, -0.2) is 14.6 Å². The summed E-state index contributed by atoms with van der Waals surface area (Å²) in [7, 11) is 0. The Hall–Kier alpha value is -2.15. The summed E-state index contributed by atoms with van der Waals surface area (Å²) in [5, 5.41) is 3.77. The van der Waals surface area contributed by atoms with Gasteiger partial charge in [-0.3, -0.25) is 0 Å². The van der Waals surface area contributed by atoms with E-state index in [2.05, 4.69) is 10.5 Å². The van der Waals surface area contributed by atoms with Crippen molar-refractivity contribution >= 4 is 17.4 Å². The minimum atomic E-state index is -0.755. The van der Waals surface area contributed by atoms with E-state index in [4.69, 9.17) is 10.5 Å². The largest absolute Gasteiger partial charge is 0.378 e. The predicted molar refractivity (Wildman–Crippen MR) is 74.4 cm³/mol. The number of hydrogen-bond donors (Lipinski definition) is 2. The van der Waals surface area contributed by atoms with E-state index in [1.807, 2.05) is 4.90 Å². The molecule has 1 fully saturated rings. The minimum Gasteiger partial charge on any atom is -0.378 e. The third-order valence-electron chi connectivity index (χ3n) is 3.05. The Morgan fingerprint density at radius 2 is 2.15 bits per heavy atom. The molecule has 1 aromatic rings. The zero-order valence-corrected chi connectivity index (χ0v) is 11.2. The maximum Gasteiger partial charge on any atom is 0.332 e. The average Bonchev–Trinajstić information content (AvgIpc) is 2.45. The summed E-state index contributed by atoms with van der Waals surface area (Å²) in [6.45, 7) is 4.21. The Balaban J connectivity index is 2.16. The first kappa shape index (κ1) is 14.3. The molecule has 20 heavy (non-hydrogen) atoms. The fourth-order valence-electron chi connectivity index (χ4n) is 2.00. The molecule has 0 atom stereocenters. The van der Waals surface area contributed by atoms with Crippen LogP contribution in [0, 0.1) is 5.82 Å². The topological polar surface area (TPSA) is 79.9 Å². The van der Waals surface area contributed by atoms with E-state index in [1.54, 1.807) is 19.1 Å². The number of carbonyl (C=O) groups is 1. The Labute approximate surface area is 116 Å². The van der Waals surface area contributed by atoms with E-state index < -0.39 is 6.03 Å².